The quantitative estimate of drug-likeness (QED) is 0.428. The molecule has 4 radical (unpaired) electrons. The second-order valence-electron chi connectivity index (χ2n) is 3.22. The van der Waals surface area contributed by atoms with Crippen LogP contribution in [0.2, 0.25) is 0 Å². The van der Waals surface area contributed by atoms with Crippen LogP contribution < -0.4 is 0 Å². The fourth-order valence-corrected chi connectivity index (χ4v) is 0.815. The Morgan fingerprint density at radius 1 is 1.20 bits per heavy atom. The maximum absolute atomic E-state index is 5.72. The highest BCUT2D eigenvalue weighted by Crippen LogP contribution is 2.33. The summed E-state index contributed by atoms with van der Waals surface area (Å²) in [6.45, 7) is 5.44. The molecular formula is C5H9B3O2. The van der Waals surface area contributed by atoms with Gasteiger partial charge in [0.1, 0.15) is 15.6 Å². The van der Waals surface area contributed by atoms with Gasteiger partial charge in [-0.3, -0.25) is 0 Å². The lowest BCUT2D eigenvalue weighted by atomic mass is 9.63. The van der Waals surface area contributed by atoms with E-state index in [2.05, 4.69) is 0 Å². The zero-order chi connectivity index (χ0) is 7.99. The average molecular weight is 134 g/mol. The van der Waals surface area contributed by atoms with E-state index in [-0.39, 0.29) is 0 Å². The van der Waals surface area contributed by atoms with Crippen molar-refractivity contribution in [1.29, 1.82) is 0 Å². The van der Waals surface area contributed by atoms with Gasteiger partial charge in [-0.1, -0.05) is 0 Å². The predicted molar refractivity (Wildman–Crippen MR) is 41.9 cm³/mol. The molecule has 1 aliphatic rings. The first kappa shape index (κ1) is 8.21. The van der Waals surface area contributed by atoms with Crippen LogP contribution in [0.15, 0.2) is 0 Å². The van der Waals surface area contributed by atoms with Crippen LogP contribution in [0.5, 0.6) is 0 Å². The molecule has 1 rings (SSSR count). The molecule has 0 bridgehead atoms. The molecule has 1 aliphatic heterocycles. The first-order valence-corrected chi connectivity index (χ1v) is 3.25. The molecule has 0 aromatic carbocycles. The molecule has 1 unspecified atom stereocenters. The summed E-state index contributed by atoms with van der Waals surface area (Å²) in [4.78, 5) is 0. The summed E-state index contributed by atoms with van der Waals surface area (Å²) < 4.78 is 10.3. The van der Waals surface area contributed by atoms with Crippen molar-refractivity contribution in [2.24, 2.45) is 0 Å². The first-order valence-electron chi connectivity index (χ1n) is 3.25. The molecule has 0 amide bonds. The standard InChI is InChI=1S/C5H9B3O2/c1-4(2)5(3,6)10-8(7)9-4/h1-3H3. The van der Waals surface area contributed by atoms with Crippen LogP contribution in [0, 0.1) is 0 Å². The van der Waals surface area contributed by atoms with E-state index in [1.807, 2.05) is 13.8 Å². The molecule has 50 valence electrons. The lowest BCUT2D eigenvalue weighted by Crippen LogP contribution is -2.45. The van der Waals surface area contributed by atoms with Crippen LogP contribution in [0.25, 0.3) is 0 Å². The van der Waals surface area contributed by atoms with Crippen molar-refractivity contribution >= 4 is 22.6 Å². The van der Waals surface area contributed by atoms with Gasteiger partial charge < -0.3 is 9.31 Å². The third kappa shape index (κ3) is 1.12. The predicted octanol–water partition coefficient (Wildman–Crippen LogP) is -0.150. The zero-order valence-electron chi connectivity index (χ0n) is 6.55. The molecule has 1 fully saturated rings. The third-order valence-corrected chi connectivity index (χ3v) is 1.97. The second kappa shape index (κ2) is 2.05. The van der Waals surface area contributed by atoms with Crippen molar-refractivity contribution in [3.05, 3.63) is 0 Å². The van der Waals surface area contributed by atoms with Gasteiger partial charge in [0.15, 0.2) is 0 Å². The average Bonchev–Trinajstić information content (AvgIpc) is 1.73. The Balaban J connectivity index is 2.78. The monoisotopic (exact) mass is 134 g/mol. The first-order chi connectivity index (χ1) is 4.35. The van der Waals surface area contributed by atoms with E-state index >= 15 is 0 Å². The summed E-state index contributed by atoms with van der Waals surface area (Å²) in [5, 5.41) is 0. The van der Waals surface area contributed by atoms with Crippen molar-refractivity contribution in [2.45, 2.75) is 31.9 Å². The molecule has 1 heterocycles. The molecular weight excluding hydrogens is 124 g/mol. The highest BCUT2D eigenvalue weighted by Gasteiger charge is 2.47. The highest BCUT2D eigenvalue weighted by atomic mass is 16.7. The molecule has 0 N–H and O–H groups in total. The van der Waals surface area contributed by atoms with Crippen molar-refractivity contribution < 1.29 is 9.31 Å². The van der Waals surface area contributed by atoms with Gasteiger partial charge in [0.05, 0.1) is 5.60 Å². The molecule has 1 atom stereocenters. The van der Waals surface area contributed by atoms with Crippen LogP contribution in [-0.2, 0) is 9.31 Å². The second-order valence-corrected chi connectivity index (χ2v) is 3.22. The van der Waals surface area contributed by atoms with Crippen LogP contribution in [0.1, 0.15) is 20.8 Å². The van der Waals surface area contributed by atoms with E-state index in [1.165, 1.54) is 0 Å². The van der Waals surface area contributed by atoms with Gasteiger partial charge in [0.2, 0.25) is 0 Å². The van der Waals surface area contributed by atoms with Gasteiger partial charge in [-0.25, -0.2) is 0 Å². The molecule has 0 saturated carbocycles. The fourth-order valence-electron chi connectivity index (χ4n) is 0.815. The molecule has 2 nitrogen and oxygen atoms in total. The SMILES string of the molecule is [B]B1OC([B])(C)C(C)(C)O1. The Morgan fingerprint density at radius 2 is 1.70 bits per heavy atom. The molecule has 0 aromatic heterocycles. The summed E-state index contributed by atoms with van der Waals surface area (Å²) in [6, 6.07) is 0. The van der Waals surface area contributed by atoms with Crippen LogP contribution in [-0.4, -0.2) is 33.7 Å². The summed E-state index contributed by atoms with van der Waals surface area (Å²) >= 11 is 0. The molecule has 0 spiro atoms. The number of hydrogen-bond donors (Lipinski definition) is 0. The Hall–Kier alpha value is 0.115. The summed E-state index contributed by atoms with van der Waals surface area (Å²) in [5.74, 6) is 0. The largest absolute Gasteiger partial charge is 0.419 e. The molecule has 1 saturated heterocycles. The van der Waals surface area contributed by atoms with E-state index < -0.39 is 18.1 Å². The van der Waals surface area contributed by atoms with Gasteiger partial charge in [-0.2, -0.15) is 0 Å². The third-order valence-electron chi connectivity index (χ3n) is 1.97. The van der Waals surface area contributed by atoms with E-state index in [0.717, 1.165) is 0 Å². The van der Waals surface area contributed by atoms with E-state index in [4.69, 9.17) is 24.9 Å². The smallest absolute Gasteiger partial charge is 0.387 e. The fraction of sp³-hybridized carbons (Fsp3) is 1.00. The maximum Gasteiger partial charge on any atom is 0.387 e. The summed E-state index contributed by atoms with van der Waals surface area (Å²) in [6.07, 6.45) is 0. The lowest BCUT2D eigenvalue weighted by Gasteiger charge is -2.33. The van der Waals surface area contributed by atoms with Gasteiger partial charge in [0.25, 0.3) is 0 Å². The highest BCUT2D eigenvalue weighted by molar-refractivity contribution is 6.95. The van der Waals surface area contributed by atoms with Crippen molar-refractivity contribution in [3.63, 3.8) is 0 Å². The molecule has 0 aromatic rings. The Kier molecular flexibility index (Phi) is 1.68. The van der Waals surface area contributed by atoms with Gasteiger partial charge in [-0.15, -0.1) is 0 Å². The van der Waals surface area contributed by atoms with Crippen LogP contribution in [0.4, 0.5) is 0 Å². The molecule has 10 heavy (non-hydrogen) atoms. The van der Waals surface area contributed by atoms with E-state index in [1.54, 1.807) is 6.92 Å². The minimum Gasteiger partial charge on any atom is -0.419 e. The van der Waals surface area contributed by atoms with Crippen LogP contribution >= 0.6 is 0 Å². The van der Waals surface area contributed by atoms with E-state index in [0.29, 0.717) is 0 Å². The molecule has 5 heteroatoms. The zero-order valence-corrected chi connectivity index (χ0v) is 6.55. The number of hydrogen-bond acceptors (Lipinski definition) is 2. The lowest BCUT2D eigenvalue weighted by molar-refractivity contribution is 0.0540. The van der Waals surface area contributed by atoms with Crippen molar-refractivity contribution in [3.8, 4) is 0 Å². The Bertz CT molecular complexity index is 130. The van der Waals surface area contributed by atoms with Gasteiger partial charge >= 0.3 is 7.01 Å². The van der Waals surface area contributed by atoms with E-state index in [9.17, 15) is 0 Å². The van der Waals surface area contributed by atoms with Crippen LogP contribution in [0.3, 0.4) is 0 Å². The summed E-state index contributed by atoms with van der Waals surface area (Å²) in [5.41, 5.74) is -1.29. The minimum atomic E-state index is -0.785. The topological polar surface area (TPSA) is 18.5 Å². The summed E-state index contributed by atoms with van der Waals surface area (Å²) in [7, 11) is 10.4. The Labute approximate surface area is 64.6 Å². The number of rotatable bonds is 0. The maximum atomic E-state index is 5.72. The normalized spacial score (nSPS) is 38.5. The van der Waals surface area contributed by atoms with Gasteiger partial charge in [-0.05, 0) is 20.8 Å². The Morgan fingerprint density at radius 3 is 1.80 bits per heavy atom. The van der Waals surface area contributed by atoms with Gasteiger partial charge in [0, 0.05) is 5.50 Å². The van der Waals surface area contributed by atoms with Crippen molar-refractivity contribution in [2.75, 3.05) is 0 Å². The molecule has 0 aliphatic carbocycles. The van der Waals surface area contributed by atoms with Crippen molar-refractivity contribution in [1.82, 2.24) is 0 Å². The minimum absolute atomic E-state index is 0.508.